The third-order valence-corrected chi connectivity index (χ3v) is 7.74. The lowest BCUT2D eigenvalue weighted by Gasteiger charge is -2.22. The van der Waals surface area contributed by atoms with Crippen LogP contribution in [0, 0.1) is 11.3 Å². The number of hydrogen-bond acceptors (Lipinski definition) is 8. The highest BCUT2D eigenvalue weighted by molar-refractivity contribution is 9.10. The number of ether oxygens (including phenoxy) is 3. The summed E-state index contributed by atoms with van der Waals surface area (Å²) in [6, 6.07) is 26.1. The molecule has 8 nitrogen and oxygen atoms in total. The molecule has 0 N–H and O–H groups in total. The van der Waals surface area contributed by atoms with E-state index in [1.807, 2.05) is 54.6 Å². The summed E-state index contributed by atoms with van der Waals surface area (Å²) in [5.74, 6) is 0.486. The van der Waals surface area contributed by atoms with Crippen LogP contribution in [0.4, 0.5) is 5.69 Å². The molecule has 4 rings (SSSR count). The summed E-state index contributed by atoms with van der Waals surface area (Å²) < 4.78 is 16.5. The predicted molar refractivity (Wildman–Crippen MR) is 167 cm³/mol. The molecule has 0 aliphatic rings. The van der Waals surface area contributed by atoms with Crippen molar-refractivity contribution in [3.05, 3.63) is 88.9 Å². The zero-order chi connectivity index (χ0) is 30.1. The molecule has 4 aromatic rings. The molecule has 0 aliphatic carbocycles. The first-order chi connectivity index (χ1) is 20.4. The number of carbonyl (C=O) groups is 2. The van der Waals surface area contributed by atoms with Gasteiger partial charge in [-0.15, -0.1) is 0 Å². The minimum absolute atomic E-state index is 0.0642. The van der Waals surface area contributed by atoms with Gasteiger partial charge in [-0.05, 0) is 79.2 Å². The molecular weight excluding hydrogens is 618 g/mol. The van der Waals surface area contributed by atoms with E-state index in [9.17, 15) is 14.9 Å². The molecule has 1 amide bonds. The third-order valence-electron chi connectivity index (χ3n) is 6.25. The van der Waals surface area contributed by atoms with E-state index in [1.165, 1.54) is 4.90 Å². The first kappa shape index (κ1) is 30.6. The normalized spacial score (nSPS) is 10.5. The van der Waals surface area contributed by atoms with Crippen molar-refractivity contribution < 1.29 is 23.8 Å². The number of amides is 1. The minimum Gasteiger partial charge on any atom is -0.497 e. The second-order valence-electron chi connectivity index (χ2n) is 8.85. The van der Waals surface area contributed by atoms with E-state index in [1.54, 1.807) is 45.4 Å². The van der Waals surface area contributed by atoms with Crippen molar-refractivity contribution in [2.75, 3.05) is 38.0 Å². The van der Waals surface area contributed by atoms with Gasteiger partial charge in [-0.25, -0.2) is 4.98 Å². The number of pyridine rings is 1. The molecule has 42 heavy (non-hydrogen) atoms. The van der Waals surface area contributed by atoms with Crippen molar-refractivity contribution in [3.63, 3.8) is 0 Å². The Hall–Kier alpha value is -4.33. The highest BCUT2D eigenvalue weighted by Gasteiger charge is 2.23. The average Bonchev–Trinajstić information content (AvgIpc) is 3.02. The highest BCUT2D eigenvalue weighted by atomic mass is 79.9. The van der Waals surface area contributed by atoms with Gasteiger partial charge < -0.3 is 19.1 Å². The Kier molecular flexibility index (Phi) is 10.6. The molecule has 0 spiro atoms. The number of methoxy groups -OCH3 is 2. The molecule has 1 heterocycles. The molecule has 0 atom stereocenters. The van der Waals surface area contributed by atoms with Gasteiger partial charge in [0.2, 0.25) is 5.91 Å². The van der Waals surface area contributed by atoms with Crippen LogP contribution in [0.2, 0.25) is 0 Å². The number of halogens is 1. The number of thioether (sulfide) groups is 1. The Labute approximate surface area is 257 Å². The SMILES string of the molecule is CCOC(=O)CN(C(=O)CSc1nc(-c2ccc(OC)cc2)cc(-c2ccc(OC)cc2)c1C#N)c1ccc(Br)cc1. The fraction of sp³-hybridized carbons (Fsp3) is 0.188. The fourth-order valence-electron chi connectivity index (χ4n) is 4.13. The first-order valence-electron chi connectivity index (χ1n) is 12.9. The van der Waals surface area contributed by atoms with E-state index in [0.717, 1.165) is 27.4 Å². The Balaban J connectivity index is 1.72. The number of esters is 1. The van der Waals surface area contributed by atoms with Crippen LogP contribution in [0.5, 0.6) is 11.5 Å². The number of rotatable bonds is 11. The van der Waals surface area contributed by atoms with Crippen LogP contribution >= 0.6 is 27.7 Å². The minimum atomic E-state index is -0.516. The van der Waals surface area contributed by atoms with Crippen molar-refractivity contribution in [1.29, 1.82) is 5.26 Å². The van der Waals surface area contributed by atoms with Gasteiger partial charge in [-0.1, -0.05) is 39.8 Å². The maximum atomic E-state index is 13.5. The van der Waals surface area contributed by atoms with E-state index in [4.69, 9.17) is 19.2 Å². The second-order valence-corrected chi connectivity index (χ2v) is 10.7. The van der Waals surface area contributed by atoms with Gasteiger partial charge in [0, 0.05) is 21.3 Å². The number of anilines is 1. The average molecular weight is 647 g/mol. The molecule has 0 unspecified atom stereocenters. The molecule has 0 bridgehead atoms. The number of hydrogen-bond donors (Lipinski definition) is 0. The van der Waals surface area contributed by atoms with Crippen molar-refractivity contribution in [2.45, 2.75) is 11.9 Å². The van der Waals surface area contributed by atoms with Gasteiger partial charge in [-0.2, -0.15) is 5.26 Å². The van der Waals surface area contributed by atoms with Gasteiger partial charge in [0.25, 0.3) is 0 Å². The largest absolute Gasteiger partial charge is 0.497 e. The summed E-state index contributed by atoms with van der Waals surface area (Å²) in [5.41, 5.74) is 3.83. The van der Waals surface area contributed by atoms with Crippen LogP contribution < -0.4 is 14.4 Å². The summed E-state index contributed by atoms with van der Waals surface area (Å²) in [4.78, 5) is 32.1. The second kappa shape index (κ2) is 14.5. The van der Waals surface area contributed by atoms with Crippen molar-refractivity contribution in [3.8, 4) is 40.0 Å². The Morgan fingerprint density at radius 2 is 1.52 bits per heavy atom. The highest BCUT2D eigenvalue weighted by Crippen LogP contribution is 2.35. The molecule has 0 saturated heterocycles. The molecular formula is C32H28BrN3O5S. The molecule has 3 aromatic carbocycles. The first-order valence-corrected chi connectivity index (χ1v) is 14.7. The van der Waals surface area contributed by atoms with Crippen molar-refractivity contribution >= 4 is 45.3 Å². The number of aromatic nitrogens is 1. The summed E-state index contributed by atoms with van der Waals surface area (Å²) in [6.45, 7) is 1.68. The quantitative estimate of drug-likeness (QED) is 0.130. The molecule has 0 fully saturated rings. The van der Waals surface area contributed by atoms with Crippen LogP contribution in [-0.2, 0) is 14.3 Å². The number of nitrogens with zero attached hydrogens (tertiary/aromatic N) is 3. The van der Waals surface area contributed by atoms with Gasteiger partial charge >= 0.3 is 5.97 Å². The third kappa shape index (κ3) is 7.49. The zero-order valence-electron chi connectivity index (χ0n) is 23.3. The topological polar surface area (TPSA) is 102 Å². The van der Waals surface area contributed by atoms with Crippen LogP contribution in [0.15, 0.2) is 88.4 Å². The molecule has 0 aliphatic heterocycles. The lowest BCUT2D eigenvalue weighted by molar-refractivity contribution is -0.142. The van der Waals surface area contributed by atoms with Crippen LogP contribution in [0.1, 0.15) is 12.5 Å². The summed E-state index contributed by atoms with van der Waals surface area (Å²) in [7, 11) is 3.19. The van der Waals surface area contributed by atoms with E-state index >= 15 is 0 Å². The van der Waals surface area contributed by atoms with E-state index in [2.05, 4.69) is 22.0 Å². The maximum Gasteiger partial charge on any atom is 0.326 e. The Morgan fingerprint density at radius 3 is 2.07 bits per heavy atom. The van der Waals surface area contributed by atoms with Crippen LogP contribution in [-0.4, -0.2) is 50.0 Å². The monoisotopic (exact) mass is 645 g/mol. The van der Waals surface area contributed by atoms with E-state index in [0.29, 0.717) is 39.0 Å². The fourth-order valence-corrected chi connectivity index (χ4v) is 5.27. The van der Waals surface area contributed by atoms with E-state index in [-0.39, 0.29) is 24.8 Å². The lowest BCUT2D eigenvalue weighted by Crippen LogP contribution is -2.37. The van der Waals surface area contributed by atoms with Crippen LogP contribution in [0.25, 0.3) is 22.4 Å². The lowest BCUT2D eigenvalue weighted by atomic mass is 9.99. The zero-order valence-corrected chi connectivity index (χ0v) is 25.7. The smallest absolute Gasteiger partial charge is 0.326 e. The van der Waals surface area contributed by atoms with Crippen LogP contribution in [0.3, 0.4) is 0 Å². The Bertz CT molecular complexity index is 1590. The maximum absolute atomic E-state index is 13.5. The standard InChI is InChI=1S/C32H28BrN3O5S/c1-4-41-31(38)19-36(24-11-9-23(33)10-12-24)30(37)20-42-32-28(18-34)27(21-5-13-25(39-2)14-6-21)17-29(35-32)22-7-15-26(40-3)16-8-22/h5-17H,4,19-20H2,1-3H3. The van der Waals surface area contributed by atoms with Crippen molar-refractivity contribution in [2.24, 2.45) is 0 Å². The molecule has 0 radical (unpaired) electrons. The summed E-state index contributed by atoms with van der Waals surface area (Å²) in [5, 5.41) is 10.6. The van der Waals surface area contributed by atoms with Gasteiger partial charge in [-0.3, -0.25) is 9.59 Å². The predicted octanol–water partition coefficient (Wildman–Crippen LogP) is 6.76. The molecule has 1 aromatic heterocycles. The molecule has 10 heteroatoms. The Morgan fingerprint density at radius 1 is 0.929 bits per heavy atom. The van der Waals surface area contributed by atoms with Gasteiger partial charge in [0.05, 0.1) is 37.8 Å². The van der Waals surface area contributed by atoms with Gasteiger partial charge in [0.15, 0.2) is 0 Å². The molecule has 214 valence electrons. The van der Waals surface area contributed by atoms with Gasteiger partial charge in [0.1, 0.15) is 29.1 Å². The summed E-state index contributed by atoms with van der Waals surface area (Å²) >= 11 is 4.54. The summed E-state index contributed by atoms with van der Waals surface area (Å²) in [6.07, 6.45) is 0. The van der Waals surface area contributed by atoms with Crippen molar-refractivity contribution in [1.82, 2.24) is 4.98 Å². The number of benzene rings is 3. The number of carbonyl (C=O) groups excluding carboxylic acids is 2. The van der Waals surface area contributed by atoms with E-state index < -0.39 is 5.97 Å². The molecule has 0 saturated carbocycles. The number of nitriles is 1.